The molecule has 0 saturated heterocycles. The molecule has 0 heterocycles. The molecule has 0 spiro atoms. The molecule has 0 saturated carbocycles. The molecule has 0 heteroatoms. The van der Waals surface area contributed by atoms with Crippen molar-refractivity contribution in [2.24, 2.45) is 0 Å². The standard InChI is InChI=1S/C34H24/c1-23-16-18-27-24(22-23)17-19-30-28(27)20-21-31-29-14-8-9-15-32(29)34(33(30)31,25-10-4-2-5-11-25)26-12-6-3-7-13-26/h2-22H,1H3. The van der Waals surface area contributed by atoms with Crippen LogP contribution in [0.15, 0.2) is 127 Å². The van der Waals surface area contributed by atoms with Crippen LogP contribution in [0.3, 0.4) is 0 Å². The highest BCUT2D eigenvalue weighted by Gasteiger charge is 2.46. The minimum absolute atomic E-state index is 0.369. The zero-order chi connectivity index (χ0) is 22.7. The maximum absolute atomic E-state index is 2.35. The minimum Gasteiger partial charge on any atom is -0.0622 e. The van der Waals surface area contributed by atoms with Gasteiger partial charge in [-0.05, 0) is 61.8 Å². The van der Waals surface area contributed by atoms with Crippen molar-refractivity contribution in [1.29, 1.82) is 0 Å². The molecule has 6 aromatic carbocycles. The number of rotatable bonds is 2. The SMILES string of the molecule is Cc1ccc2c(ccc3c4c(ccc32)-c2ccccc2C4(c2ccccc2)c2ccccc2)c1. The molecule has 1 aliphatic carbocycles. The molecule has 6 aromatic rings. The van der Waals surface area contributed by atoms with Crippen LogP contribution >= 0.6 is 0 Å². The normalized spacial score (nSPS) is 13.7. The van der Waals surface area contributed by atoms with Crippen molar-refractivity contribution in [3.63, 3.8) is 0 Å². The molecule has 0 amide bonds. The smallest absolute Gasteiger partial charge is 0.0622 e. The highest BCUT2D eigenvalue weighted by atomic mass is 14.5. The molecular weight excluding hydrogens is 408 g/mol. The van der Waals surface area contributed by atoms with Crippen LogP contribution in [0.4, 0.5) is 0 Å². The van der Waals surface area contributed by atoms with Crippen LogP contribution in [-0.2, 0) is 5.41 Å². The van der Waals surface area contributed by atoms with E-state index in [1.165, 1.54) is 60.5 Å². The van der Waals surface area contributed by atoms with Crippen LogP contribution in [0.25, 0.3) is 32.7 Å². The van der Waals surface area contributed by atoms with E-state index in [9.17, 15) is 0 Å². The van der Waals surface area contributed by atoms with Crippen molar-refractivity contribution in [3.05, 3.63) is 155 Å². The number of hydrogen-bond acceptors (Lipinski definition) is 0. The first-order valence-electron chi connectivity index (χ1n) is 12.0. The fraction of sp³-hybridized carbons (Fsp3) is 0.0588. The Morgan fingerprint density at radius 3 is 1.82 bits per heavy atom. The third kappa shape index (κ3) is 2.48. The highest BCUT2D eigenvalue weighted by molar-refractivity contribution is 6.12. The van der Waals surface area contributed by atoms with Crippen molar-refractivity contribution < 1.29 is 0 Å². The van der Waals surface area contributed by atoms with Gasteiger partial charge in [0.25, 0.3) is 0 Å². The molecule has 0 aliphatic heterocycles. The van der Waals surface area contributed by atoms with E-state index >= 15 is 0 Å². The van der Waals surface area contributed by atoms with Crippen LogP contribution in [0.1, 0.15) is 27.8 Å². The molecule has 0 nitrogen and oxygen atoms in total. The van der Waals surface area contributed by atoms with Gasteiger partial charge in [-0.2, -0.15) is 0 Å². The highest BCUT2D eigenvalue weighted by Crippen LogP contribution is 2.58. The third-order valence-corrected chi connectivity index (χ3v) is 7.58. The van der Waals surface area contributed by atoms with Gasteiger partial charge in [0.1, 0.15) is 0 Å². The molecule has 0 aromatic heterocycles. The quantitative estimate of drug-likeness (QED) is 0.240. The molecule has 0 N–H and O–H groups in total. The van der Waals surface area contributed by atoms with Crippen molar-refractivity contribution >= 4 is 21.5 Å². The number of benzene rings is 6. The minimum atomic E-state index is -0.369. The van der Waals surface area contributed by atoms with Gasteiger partial charge in [-0.3, -0.25) is 0 Å². The van der Waals surface area contributed by atoms with Gasteiger partial charge in [0.15, 0.2) is 0 Å². The summed E-state index contributed by atoms with van der Waals surface area (Å²) in [7, 11) is 0. The maximum Gasteiger partial charge on any atom is 0.0719 e. The fourth-order valence-corrected chi connectivity index (χ4v) is 6.22. The Hall–Kier alpha value is -4.16. The van der Waals surface area contributed by atoms with Gasteiger partial charge in [-0.1, -0.05) is 133 Å². The predicted molar refractivity (Wildman–Crippen MR) is 143 cm³/mol. The summed E-state index contributed by atoms with van der Waals surface area (Å²) in [6.45, 7) is 2.17. The van der Waals surface area contributed by atoms with Gasteiger partial charge in [0, 0.05) is 0 Å². The van der Waals surface area contributed by atoms with Crippen molar-refractivity contribution in [2.45, 2.75) is 12.3 Å². The van der Waals surface area contributed by atoms with Crippen molar-refractivity contribution in [2.75, 3.05) is 0 Å². The maximum atomic E-state index is 2.35. The fourth-order valence-electron chi connectivity index (χ4n) is 6.22. The van der Waals surface area contributed by atoms with Gasteiger partial charge >= 0.3 is 0 Å². The number of aryl methyl sites for hydroxylation is 1. The predicted octanol–water partition coefficient (Wildman–Crippen LogP) is 8.66. The van der Waals surface area contributed by atoms with E-state index in [-0.39, 0.29) is 5.41 Å². The molecule has 0 bridgehead atoms. The Morgan fingerprint density at radius 1 is 0.471 bits per heavy atom. The molecule has 1 aliphatic rings. The largest absolute Gasteiger partial charge is 0.0719 e. The molecule has 0 radical (unpaired) electrons. The van der Waals surface area contributed by atoms with E-state index in [0.29, 0.717) is 0 Å². The summed E-state index contributed by atoms with van der Waals surface area (Å²) in [5.41, 5.74) is 8.96. The monoisotopic (exact) mass is 432 g/mol. The third-order valence-electron chi connectivity index (χ3n) is 7.58. The Bertz CT molecular complexity index is 1650. The first-order valence-corrected chi connectivity index (χ1v) is 12.0. The van der Waals surface area contributed by atoms with Crippen LogP contribution in [0, 0.1) is 6.92 Å². The lowest BCUT2D eigenvalue weighted by molar-refractivity contribution is 0.775. The lowest BCUT2D eigenvalue weighted by Crippen LogP contribution is -2.28. The second-order valence-corrected chi connectivity index (χ2v) is 9.40. The van der Waals surface area contributed by atoms with E-state index in [1.807, 2.05) is 0 Å². The van der Waals surface area contributed by atoms with Gasteiger partial charge in [0.05, 0.1) is 5.41 Å². The lowest BCUT2D eigenvalue weighted by Gasteiger charge is -2.34. The van der Waals surface area contributed by atoms with Crippen molar-refractivity contribution in [1.82, 2.24) is 0 Å². The molecule has 0 atom stereocenters. The summed E-state index contributed by atoms with van der Waals surface area (Å²) in [5, 5.41) is 5.27. The second kappa shape index (κ2) is 7.17. The Morgan fingerprint density at radius 2 is 1.09 bits per heavy atom. The summed E-state index contributed by atoms with van der Waals surface area (Å²) in [6, 6.07) is 47.2. The molecule has 7 rings (SSSR count). The molecule has 0 unspecified atom stereocenters. The Balaban J connectivity index is 1.72. The first kappa shape index (κ1) is 19.3. The van der Waals surface area contributed by atoms with Gasteiger partial charge in [-0.25, -0.2) is 0 Å². The van der Waals surface area contributed by atoms with E-state index in [0.717, 1.165) is 0 Å². The van der Waals surface area contributed by atoms with E-state index in [4.69, 9.17) is 0 Å². The van der Waals surface area contributed by atoms with E-state index < -0.39 is 0 Å². The summed E-state index contributed by atoms with van der Waals surface area (Å²) in [6.07, 6.45) is 0. The van der Waals surface area contributed by atoms with Crippen LogP contribution in [-0.4, -0.2) is 0 Å². The lowest BCUT2D eigenvalue weighted by atomic mass is 9.66. The van der Waals surface area contributed by atoms with Crippen LogP contribution < -0.4 is 0 Å². The average Bonchev–Trinajstić information content (AvgIpc) is 3.21. The summed E-state index contributed by atoms with van der Waals surface area (Å²) < 4.78 is 0. The summed E-state index contributed by atoms with van der Waals surface area (Å²) >= 11 is 0. The molecule has 34 heavy (non-hydrogen) atoms. The van der Waals surface area contributed by atoms with E-state index in [1.54, 1.807) is 0 Å². The summed E-state index contributed by atoms with van der Waals surface area (Å²) in [5.74, 6) is 0. The van der Waals surface area contributed by atoms with Gasteiger partial charge < -0.3 is 0 Å². The topological polar surface area (TPSA) is 0 Å². The van der Waals surface area contributed by atoms with Crippen molar-refractivity contribution in [3.8, 4) is 11.1 Å². The van der Waals surface area contributed by atoms with Crippen LogP contribution in [0.5, 0.6) is 0 Å². The second-order valence-electron chi connectivity index (χ2n) is 9.40. The Labute approximate surface area is 200 Å². The van der Waals surface area contributed by atoms with Crippen LogP contribution in [0.2, 0.25) is 0 Å². The first-order chi connectivity index (χ1) is 16.8. The molecule has 0 fully saturated rings. The van der Waals surface area contributed by atoms with Gasteiger partial charge in [0.2, 0.25) is 0 Å². The Kier molecular flexibility index (Phi) is 4.07. The number of fused-ring (bicyclic) bond motifs is 7. The van der Waals surface area contributed by atoms with Gasteiger partial charge in [-0.15, -0.1) is 0 Å². The van der Waals surface area contributed by atoms with E-state index in [2.05, 4.69) is 134 Å². The molecular formula is C34H24. The zero-order valence-corrected chi connectivity index (χ0v) is 19.1. The zero-order valence-electron chi connectivity index (χ0n) is 19.1. The molecule has 160 valence electrons. The summed E-state index contributed by atoms with van der Waals surface area (Å²) in [4.78, 5) is 0. The average molecular weight is 433 g/mol. The number of hydrogen-bond donors (Lipinski definition) is 0.